The van der Waals surface area contributed by atoms with Crippen molar-refractivity contribution in [3.63, 3.8) is 0 Å². The van der Waals surface area contributed by atoms with Gasteiger partial charge in [-0.05, 0) is 26.3 Å². The van der Waals surface area contributed by atoms with Gasteiger partial charge in [-0.15, -0.1) is 0 Å². The number of aliphatic carboxylic acids is 1. The number of aromatic amines is 1. The van der Waals surface area contributed by atoms with Crippen LogP contribution < -0.4 is 0 Å². The zero-order chi connectivity index (χ0) is 16.4. The molecule has 0 aliphatic carbocycles. The quantitative estimate of drug-likeness (QED) is 0.813. The molecule has 2 heterocycles. The van der Waals surface area contributed by atoms with E-state index in [1.165, 1.54) is 11.8 Å². The summed E-state index contributed by atoms with van der Waals surface area (Å²) in [6, 6.07) is -0.498. The molecule has 1 amide bonds. The molecule has 1 unspecified atom stereocenters. The number of aromatic nitrogens is 1. The number of morpholine rings is 1. The fourth-order valence-corrected chi connectivity index (χ4v) is 2.93. The number of hydrogen-bond donors (Lipinski definition) is 2. The molecule has 7 heteroatoms. The van der Waals surface area contributed by atoms with Gasteiger partial charge in [0, 0.05) is 17.8 Å². The molecule has 1 aromatic rings. The first-order valence-electron chi connectivity index (χ1n) is 7.13. The summed E-state index contributed by atoms with van der Waals surface area (Å²) in [7, 11) is 0. The number of nitrogens with zero attached hydrogens (tertiary/aromatic N) is 1. The predicted molar refractivity (Wildman–Crippen MR) is 78.2 cm³/mol. The summed E-state index contributed by atoms with van der Waals surface area (Å²) in [5.41, 5.74) is 2.12. The summed E-state index contributed by atoms with van der Waals surface area (Å²) >= 11 is 0. The average Bonchev–Trinajstić information content (AvgIpc) is 2.73. The van der Waals surface area contributed by atoms with E-state index in [0.717, 1.165) is 0 Å². The Bertz CT molecular complexity index is 620. The highest BCUT2D eigenvalue weighted by Gasteiger charge is 2.32. The van der Waals surface area contributed by atoms with Crippen molar-refractivity contribution in [3.05, 3.63) is 22.5 Å². The molecule has 1 aliphatic heterocycles. The molecule has 2 N–H and O–H groups in total. The largest absolute Gasteiger partial charge is 0.481 e. The number of ether oxygens (including phenoxy) is 1. The van der Waals surface area contributed by atoms with Crippen molar-refractivity contribution in [1.82, 2.24) is 9.88 Å². The van der Waals surface area contributed by atoms with Gasteiger partial charge in [-0.3, -0.25) is 14.4 Å². The van der Waals surface area contributed by atoms with Crippen LogP contribution in [0.4, 0.5) is 0 Å². The lowest BCUT2D eigenvalue weighted by Gasteiger charge is -2.34. The van der Waals surface area contributed by atoms with Crippen LogP contribution in [0.2, 0.25) is 0 Å². The second-order valence-corrected chi connectivity index (χ2v) is 5.51. The summed E-state index contributed by atoms with van der Waals surface area (Å²) in [4.78, 5) is 39.8. The Labute approximate surface area is 128 Å². The first kappa shape index (κ1) is 16.2. The Kier molecular flexibility index (Phi) is 4.65. The molecule has 0 saturated carbocycles. The van der Waals surface area contributed by atoms with Crippen LogP contribution in [0.1, 0.15) is 45.4 Å². The maximum absolute atomic E-state index is 12.7. The molecule has 0 bridgehead atoms. The van der Waals surface area contributed by atoms with Gasteiger partial charge in [0.1, 0.15) is 5.69 Å². The average molecular weight is 308 g/mol. The first-order valence-corrected chi connectivity index (χ1v) is 7.13. The Morgan fingerprint density at radius 1 is 1.36 bits per heavy atom. The lowest BCUT2D eigenvalue weighted by Crippen LogP contribution is -2.49. The molecule has 1 atom stereocenters. The number of amides is 1. The maximum atomic E-state index is 12.7. The molecule has 1 aromatic heterocycles. The molecule has 0 aromatic carbocycles. The van der Waals surface area contributed by atoms with E-state index in [2.05, 4.69) is 4.98 Å². The number of hydrogen-bond acceptors (Lipinski definition) is 4. The number of H-pyrrole nitrogens is 1. The molecule has 0 radical (unpaired) electrons. The van der Waals surface area contributed by atoms with Crippen molar-refractivity contribution in [1.29, 1.82) is 0 Å². The Balaban J connectivity index is 2.31. The van der Waals surface area contributed by atoms with Gasteiger partial charge in [0.25, 0.3) is 5.91 Å². The van der Waals surface area contributed by atoms with Gasteiger partial charge in [0.2, 0.25) is 0 Å². The third-order valence-electron chi connectivity index (χ3n) is 3.90. The second kappa shape index (κ2) is 6.31. The molecule has 1 saturated heterocycles. The molecular formula is C15H20N2O5. The van der Waals surface area contributed by atoms with E-state index >= 15 is 0 Å². The van der Waals surface area contributed by atoms with E-state index in [-0.39, 0.29) is 24.7 Å². The summed E-state index contributed by atoms with van der Waals surface area (Å²) in [6.45, 7) is 5.84. The number of carboxylic acid groups (broad SMARTS) is 1. The Morgan fingerprint density at radius 2 is 2.05 bits per heavy atom. The zero-order valence-electron chi connectivity index (χ0n) is 12.9. The highest BCUT2D eigenvalue weighted by atomic mass is 16.5. The van der Waals surface area contributed by atoms with Crippen LogP contribution in [-0.4, -0.2) is 58.5 Å². The standard InChI is InChI=1S/C15H20N2O5/c1-8-13(10(3)18)9(2)16-14(8)15(21)17-4-5-22-7-11(17)6-12(19)20/h11,16H,4-7H2,1-3H3,(H,19,20). The highest BCUT2D eigenvalue weighted by molar-refractivity contribution is 6.02. The van der Waals surface area contributed by atoms with Crippen LogP contribution >= 0.6 is 0 Å². The van der Waals surface area contributed by atoms with Crippen molar-refractivity contribution in [2.45, 2.75) is 33.2 Å². The maximum Gasteiger partial charge on any atom is 0.305 e. The topological polar surface area (TPSA) is 99.7 Å². The van der Waals surface area contributed by atoms with E-state index in [4.69, 9.17) is 9.84 Å². The molecule has 1 aliphatic rings. The smallest absolute Gasteiger partial charge is 0.305 e. The number of rotatable bonds is 4. The third-order valence-corrected chi connectivity index (χ3v) is 3.90. The lowest BCUT2D eigenvalue weighted by molar-refractivity contribution is -0.139. The minimum absolute atomic E-state index is 0.102. The number of Topliss-reactive ketones (excluding diaryl/α,β-unsaturated/α-hetero) is 1. The molecular weight excluding hydrogens is 288 g/mol. The summed E-state index contributed by atoms with van der Waals surface area (Å²) in [5.74, 6) is -1.37. The van der Waals surface area contributed by atoms with Crippen LogP contribution in [0.15, 0.2) is 0 Å². The Hall–Kier alpha value is -2.15. The SMILES string of the molecule is CC(=O)c1c(C)[nH]c(C(=O)N2CCOCC2CC(=O)O)c1C. The number of carbonyl (C=O) groups is 3. The lowest BCUT2D eigenvalue weighted by atomic mass is 10.1. The number of ketones is 1. The summed E-state index contributed by atoms with van der Waals surface area (Å²) < 4.78 is 5.28. The van der Waals surface area contributed by atoms with Gasteiger partial charge < -0.3 is 19.7 Å². The van der Waals surface area contributed by atoms with E-state index in [9.17, 15) is 14.4 Å². The van der Waals surface area contributed by atoms with E-state index in [0.29, 0.717) is 35.7 Å². The van der Waals surface area contributed by atoms with Gasteiger partial charge in [0.05, 0.1) is 25.7 Å². The van der Waals surface area contributed by atoms with Crippen LogP contribution in [0.25, 0.3) is 0 Å². The van der Waals surface area contributed by atoms with Crippen molar-refractivity contribution >= 4 is 17.7 Å². The minimum atomic E-state index is -0.975. The number of nitrogens with one attached hydrogen (secondary N) is 1. The fraction of sp³-hybridized carbons (Fsp3) is 0.533. The molecule has 2 rings (SSSR count). The Morgan fingerprint density at radius 3 is 2.59 bits per heavy atom. The monoisotopic (exact) mass is 308 g/mol. The summed E-state index contributed by atoms with van der Waals surface area (Å²) in [5, 5.41) is 8.97. The van der Waals surface area contributed by atoms with E-state index < -0.39 is 12.0 Å². The summed E-state index contributed by atoms with van der Waals surface area (Å²) in [6.07, 6.45) is -0.163. The zero-order valence-corrected chi connectivity index (χ0v) is 12.9. The predicted octanol–water partition coefficient (Wildman–Crippen LogP) is 1.15. The van der Waals surface area contributed by atoms with Crippen molar-refractivity contribution in [2.24, 2.45) is 0 Å². The molecule has 0 spiro atoms. The normalized spacial score (nSPS) is 18.3. The highest BCUT2D eigenvalue weighted by Crippen LogP contribution is 2.22. The van der Waals surface area contributed by atoms with Crippen LogP contribution in [0, 0.1) is 13.8 Å². The third kappa shape index (κ3) is 3.04. The second-order valence-electron chi connectivity index (χ2n) is 5.51. The van der Waals surface area contributed by atoms with Crippen LogP contribution in [-0.2, 0) is 9.53 Å². The minimum Gasteiger partial charge on any atom is -0.481 e. The van der Waals surface area contributed by atoms with E-state index in [1.54, 1.807) is 13.8 Å². The van der Waals surface area contributed by atoms with Gasteiger partial charge >= 0.3 is 5.97 Å². The van der Waals surface area contributed by atoms with Crippen LogP contribution in [0.3, 0.4) is 0 Å². The number of carboxylic acids is 1. The van der Waals surface area contributed by atoms with Crippen molar-refractivity contribution < 1.29 is 24.2 Å². The van der Waals surface area contributed by atoms with Gasteiger partial charge in [-0.25, -0.2) is 0 Å². The molecule has 120 valence electrons. The fourth-order valence-electron chi connectivity index (χ4n) is 2.93. The van der Waals surface area contributed by atoms with Crippen molar-refractivity contribution in [2.75, 3.05) is 19.8 Å². The number of carbonyl (C=O) groups excluding carboxylic acids is 2. The molecule has 7 nitrogen and oxygen atoms in total. The van der Waals surface area contributed by atoms with Crippen molar-refractivity contribution in [3.8, 4) is 0 Å². The van der Waals surface area contributed by atoms with Crippen LogP contribution in [0.5, 0.6) is 0 Å². The van der Waals surface area contributed by atoms with Gasteiger partial charge in [-0.1, -0.05) is 0 Å². The molecule has 22 heavy (non-hydrogen) atoms. The van der Waals surface area contributed by atoms with E-state index in [1.807, 2.05) is 0 Å². The van der Waals surface area contributed by atoms with Gasteiger partial charge in [0.15, 0.2) is 5.78 Å². The number of aryl methyl sites for hydroxylation is 1. The molecule has 1 fully saturated rings. The van der Waals surface area contributed by atoms with Gasteiger partial charge in [-0.2, -0.15) is 0 Å². The first-order chi connectivity index (χ1) is 10.3.